The average Bonchev–Trinajstić information content (AvgIpc) is 3.26. The standard InChI is InChI=1S/C18H22N4OSi2/c1-3-7-13-9-5-11-15(13)17(21-19)24-23-25-18(22-20)16-12-6-10-14(16)8-4-2/h3-6,9-10H,1-2,7-8,11-12,24-25H2. The summed E-state index contributed by atoms with van der Waals surface area (Å²) in [7, 11) is -2.37. The molecule has 5 nitrogen and oxygen atoms in total. The van der Waals surface area contributed by atoms with E-state index in [1.54, 1.807) is 0 Å². The highest BCUT2D eigenvalue weighted by Gasteiger charge is 2.25. The smallest absolute Gasteiger partial charge is 0.285 e. The van der Waals surface area contributed by atoms with Crippen LogP contribution in [-0.2, 0) is 4.12 Å². The quantitative estimate of drug-likeness (QED) is 0.192. The summed E-state index contributed by atoms with van der Waals surface area (Å²) in [6.07, 6.45) is 14.9. The van der Waals surface area contributed by atoms with Crippen LogP contribution in [0.3, 0.4) is 0 Å². The summed E-state index contributed by atoms with van der Waals surface area (Å²) >= 11 is 0. The van der Waals surface area contributed by atoms with Gasteiger partial charge in [-0.1, -0.05) is 36.5 Å². The largest absolute Gasteiger partial charge is 0.448 e. The fourth-order valence-electron chi connectivity index (χ4n) is 3.00. The average molecular weight is 367 g/mol. The van der Waals surface area contributed by atoms with Crippen LogP contribution in [0.15, 0.2) is 71.9 Å². The molecule has 0 saturated heterocycles. The lowest BCUT2D eigenvalue weighted by molar-refractivity contribution is -0.00127. The molecule has 0 aromatic carbocycles. The van der Waals surface area contributed by atoms with Crippen LogP contribution < -0.4 is 0 Å². The summed E-state index contributed by atoms with van der Waals surface area (Å²) in [6.45, 7) is 7.52. The zero-order valence-electron chi connectivity index (χ0n) is 14.3. The van der Waals surface area contributed by atoms with Crippen molar-refractivity contribution in [2.45, 2.75) is 25.7 Å². The molecule has 2 aliphatic rings. The van der Waals surface area contributed by atoms with Crippen molar-refractivity contribution in [2.75, 3.05) is 0 Å². The summed E-state index contributed by atoms with van der Waals surface area (Å²) in [6, 6.07) is 0. The Morgan fingerprint density at radius 1 is 0.960 bits per heavy atom. The van der Waals surface area contributed by atoms with Crippen molar-refractivity contribution < 1.29 is 13.7 Å². The van der Waals surface area contributed by atoms with Crippen LogP contribution in [0.4, 0.5) is 0 Å². The Morgan fingerprint density at radius 2 is 1.40 bits per heavy atom. The van der Waals surface area contributed by atoms with E-state index in [0.29, 0.717) is 10.7 Å². The van der Waals surface area contributed by atoms with Crippen molar-refractivity contribution in [1.29, 1.82) is 0 Å². The molecule has 0 aliphatic heterocycles. The molecule has 0 atom stereocenters. The fraction of sp³-hybridized carbons (Fsp3) is 0.222. The molecule has 0 radical (unpaired) electrons. The first-order valence-electron chi connectivity index (χ1n) is 8.24. The van der Waals surface area contributed by atoms with Crippen molar-refractivity contribution in [2.24, 2.45) is 0 Å². The van der Waals surface area contributed by atoms with Crippen LogP contribution >= 0.6 is 0 Å². The van der Waals surface area contributed by atoms with Crippen LogP contribution in [0, 0.1) is 0 Å². The summed E-state index contributed by atoms with van der Waals surface area (Å²) in [5.41, 5.74) is 23.1. The first kappa shape index (κ1) is 18.9. The summed E-state index contributed by atoms with van der Waals surface area (Å²) in [5.74, 6) is 0. The molecule has 7 heteroatoms. The Balaban J connectivity index is 2.01. The Kier molecular flexibility index (Phi) is 7.41. The van der Waals surface area contributed by atoms with Gasteiger partial charge < -0.3 is 15.2 Å². The van der Waals surface area contributed by atoms with E-state index in [1.165, 1.54) is 0 Å². The van der Waals surface area contributed by atoms with Crippen molar-refractivity contribution in [1.82, 2.24) is 0 Å². The second kappa shape index (κ2) is 9.78. The van der Waals surface area contributed by atoms with Gasteiger partial charge in [-0.05, 0) is 36.8 Å². The summed E-state index contributed by atoms with van der Waals surface area (Å²) in [4.78, 5) is 6.94. The van der Waals surface area contributed by atoms with Gasteiger partial charge in [-0.15, -0.1) is 13.2 Å². The molecule has 0 N–H and O–H groups in total. The lowest BCUT2D eigenvalue weighted by atomic mass is 10.1. The molecule has 0 saturated carbocycles. The van der Waals surface area contributed by atoms with E-state index in [0.717, 1.165) is 48.0 Å². The Labute approximate surface area is 152 Å². The molecule has 0 unspecified atom stereocenters. The van der Waals surface area contributed by atoms with Crippen molar-refractivity contribution >= 4 is 30.2 Å². The molecule has 2 aliphatic carbocycles. The van der Waals surface area contributed by atoms with Gasteiger partial charge in [-0.3, -0.25) is 0 Å². The topological polar surface area (TPSA) is 82.0 Å². The van der Waals surface area contributed by atoms with E-state index in [2.05, 4.69) is 34.9 Å². The molecule has 2 rings (SSSR count). The predicted molar refractivity (Wildman–Crippen MR) is 107 cm³/mol. The molecule has 0 heterocycles. The molecule has 25 heavy (non-hydrogen) atoms. The Hall–Kier alpha value is -2.41. The minimum Gasteiger partial charge on any atom is -0.448 e. The zero-order valence-corrected chi connectivity index (χ0v) is 17.1. The lowest BCUT2D eigenvalue weighted by Gasteiger charge is -2.04. The van der Waals surface area contributed by atoms with E-state index < -0.39 is 19.5 Å². The highest BCUT2D eigenvalue weighted by Crippen LogP contribution is 2.24. The van der Waals surface area contributed by atoms with Crippen LogP contribution in [0.5, 0.6) is 0 Å². The molecule has 0 spiro atoms. The molecule has 0 bridgehead atoms. The van der Waals surface area contributed by atoms with E-state index >= 15 is 0 Å². The van der Waals surface area contributed by atoms with Crippen LogP contribution in [0.2, 0.25) is 0 Å². The molecule has 0 aromatic heterocycles. The van der Waals surface area contributed by atoms with Crippen molar-refractivity contribution in [3.05, 3.63) is 83.0 Å². The number of allylic oxidation sites excluding steroid dienone is 10. The Morgan fingerprint density at radius 3 is 1.76 bits per heavy atom. The van der Waals surface area contributed by atoms with E-state index in [-0.39, 0.29) is 0 Å². The van der Waals surface area contributed by atoms with Gasteiger partial charge in [0.1, 0.15) is 0 Å². The third-order valence-corrected chi connectivity index (χ3v) is 7.52. The molecule has 0 fully saturated rings. The SMILES string of the molecule is C=CCC1=C(C(=[N+]=[N-])[SiH2]O[SiH2]C(=[N+]=[N-])C2=C(CC=C)C=CC2)CC=C1. The number of hydrogen-bond donors (Lipinski definition) is 0. The van der Waals surface area contributed by atoms with Gasteiger partial charge in [-0.2, -0.15) is 9.58 Å². The van der Waals surface area contributed by atoms with Crippen LogP contribution in [-0.4, -0.2) is 39.8 Å². The second-order valence-electron chi connectivity index (χ2n) is 5.79. The van der Waals surface area contributed by atoms with Crippen molar-refractivity contribution in [3.63, 3.8) is 0 Å². The van der Waals surface area contributed by atoms with E-state index in [4.69, 9.17) is 4.12 Å². The van der Waals surface area contributed by atoms with Crippen LogP contribution in [0.25, 0.3) is 11.1 Å². The Bertz CT molecular complexity index is 726. The highest BCUT2D eigenvalue weighted by atomic mass is 28.3. The number of rotatable bonds is 10. The maximum atomic E-state index is 9.38. The zero-order chi connectivity index (χ0) is 18.1. The van der Waals surface area contributed by atoms with Gasteiger partial charge in [0.25, 0.3) is 30.2 Å². The fourth-order valence-corrected chi connectivity index (χ4v) is 6.16. The van der Waals surface area contributed by atoms with Gasteiger partial charge in [0.2, 0.25) is 0 Å². The molecule has 128 valence electrons. The first-order valence-corrected chi connectivity index (χ1v) is 10.8. The number of nitrogens with zero attached hydrogens (tertiary/aromatic N) is 4. The second-order valence-corrected chi connectivity index (χ2v) is 9.34. The van der Waals surface area contributed by atoms with Crippen molar-refractivity contribution in [3.8, 4) is 0 Å². The summed E-state index contributed by atoms with van der Waals surface area (Å²) in [5, 5.41) is 1.33. The predicted octanol–water partition coefficient (Wildman–Crippen LogP) is 2.09. The van der Waals surface area contributed by atoms with Gasteiger partial charge in [0.15, 0.2) is 0 Å². The molecule has 0 amide bonds. The van der Waals surface area contributed by atoms with Gasteiger partial charge in [0, 0.05) is 11.1 Å². The summed E-state index contributed by atoms with van der Waals surface area (Å²) < 4.78 is 5.94. The lowest BCUT2D eigenvalue weighted by Crippen LogP contribution is -2.25. The minimum atomic E-state index is -1.19. The first-order chi connectivity index (χ1) is 12.2. The number of hydrogen-bond acceptors (Lipinski definition) is 1. The minimum absolute atomic E-state index is 0.663. The maximum Gasteiger partial charge on any atom is 0.285 e. The molecule has 0 aromatic rings. The van der Waals surface area contributed by atoms with E-state index in [9.17, 15) is 11.1 Å². The van der Waals surface area contributed by atoms with Crippen LogP contribution in [0.1, 0.15) is 25.7 Å². The third-order valence-electron chi connectivity index (χ3n) is 4.20. The third kappa shape index (κ3) is 4.79. The van der Waals surface area contributed by atoms with E-state index in [1.807, 2.05) is 24.3 Å². The normalized spacial score (nSPS) is 16.3. The maximum absolute atomic E-state index is 9.38. The van der Waals surface area contributed by atoms with Gasteiger partial charge >= 0.3 is 0 Å². The molecular weight excluding hydrogens is 344 g/mol. The monoisotopic (exact) mass is 366 g/mol. The van der Waals surface area contributed by atoms with Gasteiger partial charge in [-0.25, -0.2) is 0 Å². The van der Waals surface area contributed by atoms with Gasteiger partial charge in [0.05, 0.1) is 0 Å². The molecular formula is C18H22N4OSi2. The highest BCUT2D eigenvalue weighted by molar-refractivity contribution is 6.83.